The van der Waals surface area contributed by atoms with Crippen LogP contribution in [0.5, 0.6) is 11.5 Å². The van der Waals surface area contributed by atoms with Crippen LogP contribution in [0.1, 0.15) is 41.9 Å². The van der Waals surface area contributed by atoms with E-state index in [1.807, 2.05) is 60.4 Å². The molecule has 1 aliphatic heterocycles. The largest absolute Gasteiger partial charge is 0.497 e. The van der Waals surface area contributed by atoms with Crippen LogP contribution in [0.4, 0.5) is 0 Å². The van der Waals surface area contributed by atoms with Crippen LogP contribution < -0.4 is 9.47 Å². The van der Waals surface area contributed by atoms with Gasteiger partial charge in [-0.15, -0.1) is 0 Å². The number of amides is 1. The quantitative estimate of drug-likeness (QED) is 0.610. The molecule has 0 bridgehead atoms. The zero-order valence-electron chi connectivity index (χ0n) is 17.2. The van der Waals surface area contributed by atoms with Crippen molar-refractivity contribution in [2.45, 2.75) is 25.7 Å². The maximum absolute atomic E-state index is 12.9. The first kappa shape index (κ1) is 19.9. The number of carbonyl (C=O) groups is 1. The molecule has 4 rings (SSSR count). The summed E-state index contributed by atoms with van der Waals surface area (Å²) in [4.78, 5) is 19.4. The molecule has 0 radical (unpaired) electrons. The summed E-state index contributed by atoms with van der Waals surface area (Å²) in [5.74, 6) is 2.70. The average molecular weight is 407 g/mol. The zero-order valence-corrected chi connectivity index (χ0v) is 17.2. The molecule has 30 heavy (non-hydrogen) atoms. The molecule has 1 aromatic heterocycles. The van der Waals surface area contributed by atoms with E-state index in [9.17, 15) is 4.79 Å². The third-order valence-electron chi connectivity index (χ3n) is 5.26. The first-order chi connectivity index (χ1) is 14.7. The van der Waals surface area contributed by atoms with Crippen LogP contribution in [-0.2, 0) is 0 Å². The maximum Gasteiger partial charge on any atom is 0.253 e. The van der Waals surface area contributed by atoms with Gasteiger partial charge < -0.3 is 18.9 Å². The van der Waals surface area contributed by atoms with Crippen molar-refractivity contribution >= 4 is 5.91 Å². The number of likely N-dealkylation sites (tertiary alicyclic amines) is 1. The highest BCUT2D eigenvalue weighted by Gasteiger charge is 2.29. The second kappa shape index (κ2) is 8.98. The second-order valence-electron chi connectivity index (χ2n) is 7.23. The molecule has 0 saturated carbocycles. The van der Waals surface area contributed by atoms with Crippen LogP contribution >= 0.6 is 0 Å². The normalized spacial score (nSPS) is 16.3. The number of ether oxygens (including phenoxy) is 2. The van der Waals surface area contributed by atoms with Crippen molar-refractivity contribution in [3.05, 3.63) is 60.0 Å². The number of piperidine rings is 1. The van der Waals surface area contributed by atoms with Crippen molar-refractivity contribution in [2.75, 3.05) is 26.8 Å². The summed E-state index contributed by atoms with van der Waals surface area (Å²) in [7, 11) is 1.63. The Hall–Kier alpha value is -3.35. The Labute approximate surface area is 175 Å². The first-order valence-corrected chi connectivity index (χ1v) is 10.2. The number of benzene rings is 2. The van der Waals surface area contributed by atoms with E-state index in [0.29, 0.717) is 30.4 Å². The van der Waals surface area contributed by atoms with E-state index < -0.39 is 0 Å². The number of methoxy groups -OCH3 is 1. The van der Waals surface area contributed by atoms with Gasteiger partial charge in [-0.25, -0.2) is 0 Å². The fourth-order valence-corrected chi connectivity index (χ4v) is 3.66. The predicted octanol–water partition coefficient (Wildman–Crippen LogP) is 4.16. The molecule has 1 fully saturated rings. The topological polar surface area (TPSA) is 77.7 Å². The standard InChI is InChI=1S/C23H25N3O4/c1-3-29-20-12-8-17(9-13-20)23(27)26-14-4-5-18(15-26)22-24-21(25-30-22)16-6-10-19(28-2)11-7-16/h6-13,18H,3-5,14-15H2,1-2H3. The van der Waals surface area contributed by atoms with Gasteiger partial charge in [-0.3, -0.25) is 4.79 Å². The van der Waals surface area contributed by atoms with Crippen LogP contribution in [-0.4, -0.2) is 47.8 Å². The van der Waals surface area contributed by atoms with E-state index >= 15 is 0 Å². The van der Waals surface area contributed by atoms with Crippen molar-refractivity contribution in [3.63, 3.8) is 0 Å². The van der Waals surface area contributed by atoms with Crippen LogP contribution in [0.15, 0.2) is 53.1 Å². The third-order valence-corrected chi connectivity index (χ3v) is 5.26. The molecule has 1 unspecified atom stereocenters. The van der Waals surface area contributed by atoms with Gasteiger partial charge in [0.25, 0.3) is 5.91 Å². The summed E-state index contributed by atoms with van der Waals surface area (Å²) < 4.78 is 16.2. The molecule has 156 valence electrons. The van der Waals surface area contributed by atoms with Gasteiger partial charge >= 0.3 is 0 Å². The zero-order chi connectivity index (χ0) is 20.9. The lowest BCUT2D eigenvalue weighted by Gasteiger charge is -2.31. The number of rotatable bonds is 6. The summed E-state index contributed by atoms with van der Waals surface area (Å²) in [5, 5.41) is 4.13. The molecule has 0 aliphatic carbocycles. The lowest BCUT2D eigenvalue weighted by Crippen LogP contribution is -2.39. The first-order valence-electron chi connectivity index (χ1n) is 10.2. The summed E-state index contributed by atoms with van der Waals surface area (Å²) in [6.07, 6.45) is 1.81. The van der Waals surface area contributed by atoms with Gasteiger partial charge in [0.1, 0.15) is 11.5 Å². The van der Waals surface area contributed by atoms with Crippen LogP contribution in [0.25, 0.3) is 11.4 Å². The SMILES string of the molecule is CCOc1ccc(C(=O)N2CCCC(c3nc(-c4ccc(OC)cc4)no3)C2)cc1. The Bertz CT molecular complexity index is 982. The minimum Gasteiger partial charge on any atom is -0.497 e. The highest BCUT2D eigenvalue weighted by atomic mass is 16.5. The summed E-state index contributed by atoms with van der Waals surface area (Å²) in [5.41, 5.74) is 1.52. The predicted molar refractivity (Wildman–Crippen MR) is 112 cm³/mol. The molecule has 1 saturated heterocycles. The lowest BCUT2D eigenvalue weighted by atomic mass is 9.97. The molecule has 1 atom stereocenters. The fourth-order valence-electron chi connectivity index (χ4n) is 3.66. The molecule has 1 amide bonds. The number of hydrogen-bond acceptors (Lipinski definition) is 6. The highest BCUT2D eigenvalue weighted by Crippen LogP contribution is 2.29. The van der Waals surface area contributed by atoms with Crippen molar-refractivity contribution in [3.8, 4) is 22.9 Å². The van der Waals surface area contributed by atoms with Gasteiger partial charge in [0.2, 0.25) is 11.7 Å². The minimum atomic E-state index is 0.0117. The number of hydrogen-bond donors (Lipinski definition) is 0. The Morgan fingerprint density at radius 2 is 1.87 bits per heavy atom. The van der Waals surface area contributed by atoms with E-state index in [0.717, 1.165) is 36.4 Å². The molecular weight excluding hydrogens is 382 g/mol. The van der Waals surface area contributed by atoms with Gasteiger partial charge in [0.15, 0.2) is 0 Å². The summed E-state index contributed by atoms with van der Waals surface area (Å²) in [6, 6.07) is 14.8. The molecule has 0 spiro atoms. The van der Waals surface area contributed by atoms with E-state index in [-0.39, 0.29) is 11.8 Å². The number of aromatic nitrogens is 2. The Kier molecular flexibility index (Phi) is 5.97. The van der Waals surface area contributed by atoms with E-state index in [1.54, 1.807) is 7.11 Å². The van der Waals surface area contributed by atoms with Crippen molar-refractivity contribution in [1.29, 1.82) is 0 Å². The lowest BCUT2D eigenvalue weighted by molar-refractivity contribution is 0.0695. The van der Waals surface area contributed by atoms with E-state index in [1.165, 1.54) is 0 Å². The van der Waals surface area contributed by atoms with Crippen LogP contribution in [0.3, 0.4) is 0 Å². The van der Waals surface area contributed by atoms with Gasteiger partial charge in [0, 0.05) is 24.2 Å². The minimum absolute atomic E-state index is 0.0117. The smallest absolute Gasteiger partial charge is 0.253 e. The molecule has 7 nitrogen and oxygen atoms in total. The van der Waals surface area contributed by atoms with Crippen LogP contribution in [0.2, 0.25) is 0 Å². The monoisotopic (exact) mass is 407 g/mol. The average Bonchev–Trinajstić information content (AvgIpc) is 3.30. The molecule has 1 aliphatic rings. The third kappa shape index (κ3) is 4.30. The van der Waals surface area contributed by atoms with Gasteiger partial charge in [-0.2, -0.15) is 4.98 Å². The van der Waals surface area contributed by atoms with Crippen molar-refractivity contribution in [2.24, 2.45) is 0 Å². The summed E-state index contributed by atoms with van der Waals surface area (Å²) >= 11 is 0. The Balaban J connectivity index is 1.44. The Morgan fingerprint density at radius 3 is 2.57 bits per heavy atom. The van der Waals surface area contributed by atoms with E-state index in [4.69, 9.17) is 14.0 Å². The fraction of sp³-hybridized carbons (Fsp3) is 0.348. The highest BCUT2D eigenvalue weighted by molar-refractivity contribution is 5.94. The van der Waals surface area contributed by atoms with Gasteiger partial charge in [0.05, 0.1) is 19.6 Å². The maximum atomic E-state index is 12.9. The number of nitrogens with zero attached hydrogens (tertiary/aromatic N) is 3. The molecular formula is C23H25N3O4. The molecule has 7 heteroatoms. The molecule has 3 aromatic rings. The van der Waals surface area contributed by atoms with Crippen molar-refractivity contribution < 1.29 is 18.8 Å². The summed E-state index contributed by atoms with van der Waals surface area (Å²) in [6.45, 7) is 3.83. The molecule has 0 N–H and O–H groups in total. The second-order valence-corrected chi connectivity index (χ2v) is 7.23. The van der Waals surface area contributed by atoms with Crippen LogP contribution in [0, 0.1) is 0 Å². The molecule has 2 heterocycles. The molecule has 2 aromatic carbocycles. The van der Waals surface area contributed by atoms with E-state index in [2.05, 4.69) is 10.1 Å². The van der Waals surface area contributed by atoms with Gasteiger partial charge in [-0.05, 0) is 68.3 Å². The Morgan fingerprint density at radius 1 is 1.13 bits per heavy atom. The number of carbonyl (C=O) groups excluding carboxylic acids is 1. The van der Waals surface area contributed by atoms with Gasteiger partial charge in [-0.1, -0.05) is 5.16 Å². The van der Waals surface area contributed by atoms with Crippen molar-refractivity contribution in [1.82, 2.24) is 15.0 Å².